The molecule has 4 aromatic carbocycles. The number of hydrogen-bond acceptors (Lipinski definition) is 7. The number of aliphatic hydroxyl groups is 1. The van der Waals surface area contributed by atoms with Gasteiger partial charge >= 0.3 is 0 Å². The molecular formula is C35H30ClN5O2S. The molecule has 0 saturated carbocycles. The Morgan fingerprint density at radius 3 is 1.82 bits per heavy atom. The summed E-state index contributed by atoms with van der Waals surface area (Å²) in [5.74, 6) is 1.14. The van der Waals surface area contributed by atoms with Gasteiger partial charge in [0.15, 0.2) is 0 Å². The highest BCUT2D eigenvalue weighted by atomic mass is 35.5. The predicted molar refractivity (Wildman–Crippen MR) is 175 cm³/mol. The fourth-order valence-corrected chi connectivity index (χ4v) is 5.85. The summed E-state index contributed by atoms with van der Waals surface area (Å²) in [6, 6.07) is 39.9. The highest BCUT2D eigenvalue weighted by molar-refractivity contribution is 8.00. The van der Waals surface area contributed by atoms with Crippen LogP contribution in [0.5, 0.6) is 11.6 Å². The molecule has 6 rings (SSSR count). The van der Waals surface area contributed by atoms with Crippen LogP contribution in [0.15, 0.2) is 139 Å². The number of ether oxygens (including phenoxy) is 1. The molecule has 0 amide bonds. The number of nitrogens with one attached hydrogen (secondary N) is 1. The molecule has 0 spiro atoms. The molecule has 0 aliphatic carbocycles. The van der Waals surface area contributed by atoms with Gasteiger partial charge in [0, 0.05) is 12.3 Å². The lowest BCUT2D eigenvalue weighted by Crippen LogP contribution is -2.38. The minimum absolute atomic E-state index is 0.234. The fraction of sp³-hybridized carbons (Fsp3) is 0.114. The highest BCUT2D eigenvalue weighted by Crippen LogP contribution is 2.41. The van der Waals surface area contributed by atoms with E-state index >= 15 is 0 Å². The lowest BCUT2D eigenvalue weighted by Gasteiger charge is -2.36. The molecule has 7 nitrogen and oxygen atoms in total. The maximum absolute atomic E-state index is 10.2. The van der Waals surface area contributed by atoms with Crippen molar-refractivity contribution in [3.63, 3.8) is 0 Å². The van der Waals surface area contributed by atoms with Gasteiger partial charge in [0.2, 0.25) is 11.8 Å². The monoisotopic (exact) mass is 619 g/mol. The molecule has 220 valence electrons. The third-order valence-corrected chi connectivity index (χ3v) is 8.12. The standard InChI is InChI=1S/C35H30ClN5O2S/c1-34(2,42)25-18-20-29(21-19-25)43-32-22-31(36)38-33(39-32)40-44-30-23-37-41(24-30)35(26-12-6-3-7-13-26,27-14-8-4-9-15-27)28-16-10-5-11-17-28/h3-24,42H,1-2H3,(H,38,39,40). The second-order valence-corrected chi connectivity index (χ2v) is 11.9. The number of benzene rings is 4. The van der Waals surface area contributed by atoms with Crippen molar-refractivity contribution in [1.29, 1.82) is 0 Å². The summed E-state index contributed by atoms with van der Waals surface area (Å²) in [6.07, 6.45) is 3.82. The first-order valence-electron chi connectivity index (χ1n) is 14.0. The molecule has 0 bridgehead atoms. The van der Waals surface area contributed by atoms with E-state index in [1.54, 1.807) is 32.0 Å². The normalized spacial score (nSPS) is 11.7. The smallest absolute Gasteiger partial charge is 0.237 e. The number of aromatic nitrogens is 4. The lowest BCUT2D eigenvalue weighted by molar-refractivity contribution is 0.0785. The predicted octanol–water partition coefficient (Wildman–Crippen LogP) is 8.31. The molecule has 0 aliphatic heterocycles. The maximum Gasteiger partial charge on any atom is 0.237 e. The average molecular weight is 620 g/mol. The molecule has 0 saturated heterocycles. The fourth-order valence-electron chi connectivity index (χ4n) is 5.13. The van der Waals surface area contributed by atoms with Gasteiger partial charge in [-0.25, -0.2) is 4.98 Å². The van der Waals surface area contributed by atoms with Gasteiger partial charge in [-0.3, -0.25) is 9.40 Å². The van der Waals surface area contributed by atoms with E-state index < -0.39 is 11.1 Å². The van der Waals surface area contributed by atoms with E-state index in [0.29, 0.717) is 11.7 Å². The minimum atomic E-state index is -0.943. The summed E-state index contributed by atoms with van der Waals surface area (Å²) in [6.45, 7) is 3.47. The van der Waals surface area contributed by atoms with Crippen LogP contribution >= 0.6 is 23.5 Å². The maximum atomic E-state index is 10.2. The van der Waals surface area contributed by atoms with Crippen LogP contribution in [0.25, 0.3) is 0 Å². The van der Waals surface area contributed by atoms with Crippen LogP contribution in [0.3, 0.4) is 0 Å². The second-order valence-electron chi connectivity index (χ2n) is 10.7. The van der Waals surface area contributed by atoms with E-state index in [1.807, 2.05) is 47.4 Å². The molecule has 0 atom stereocenters. The van der Waals surface area contributed by atoms with E-state index in [4.69, 9.17) is 21.4 Å². The molecule has 6 aromatic rings. The van der Waals surface area contributed by atoms with Crippen LogP contribution < -0.4 is 9.46 Å². The lowest BCUT2D eigenvalue weighted by atomic mass is 9.77. The van der Waals surface area contributed by atoms with Crippen molar-refractivity contribution in [1.82, 2.24) is 19.7 Å². The summed E-state index contributed by atoms with van der Waals surface area (Å²) in [5, 5.41) is 15.3. The molecule has 0 fully saturated rings. The quantitative estimate of drug-likeness (QED) is 0.0906. The molecule has 44 heavy (non-hydrogen) atoms. The van der Waals surface area contributed by atoms with Crippen molar-refractivity contribution in [3.8, 4) is 11.6 Å². The van der Waals surface area contributed by atoms with E-state index in [1.165, 1.54) is 11.9 Å². The van der Waals surface area contributed by atoms with Crippen LogP contribution in [0.1, 0.15) is 36.1 Å². The summed E-state index contributed by atoms with van der Waals surface area (Å²) >= 11 is 7.64. The number of anilines is 1. The average Bonchev–Trinajstić information content (AvgIpc) is 3.51. The second kappa shape index (κ2) is 12.5. The first kappa shape index (κ1) is 29.4. The minimum Gasteiger partial charge on any atom is -0.439 e. The largest absolute Gasteiger partial charge is 0.439 e. The third kappa shape index (κ3) is 6.19. The Kier molecular flexibility index (Phi) is 8.39. The van der Waals surface area contributed by atoms with Gasteiger partial charge < -0.3 is 9.84 Å². The van der Waals surface area contributed by atoms with Crippen molar-refractivity contribution < 1.29 is 9.84 Å². The Balaban J connectivity index is 1.29. The van der Waals surface area contributed by atoms with Gasteiger partial charge in [-0.2, -0.15) is 10.1 Å². The van der Waals surface area contributed by atoms with E-state index in [2.05, 4.69) is 87.5 Å². The van der Waals surface area contributed by atoms with Crippen molar-refractivity contribution in [2.45, 2.75) is 29.9 Å². The SMILES string of the molecule is CC(C)(O)c1ccc(Oc2cc(Cl)nc(NSc3cnn(C(c4ccccc4)(c4ccccc4)c4ccccc4)c3)n2)cc1. The molecule has 0 aliphatic rings. The zero-order valence-corrected chi connectivity index (χ0v) is 25.7. The first-order valence-corrected chi connectivity index (χ1v) is 15.2. The molecule has 0 unspecified atom stereocenters. The molecule has 0 radical (unpaired) electrons. The topological polar surface area (TPSA) is 85.1 Å². The van der Waals surface area contributed by atoms with Gasteiger partial charge in [0.1, 0.15) is 16.4 Å². The van der Waals surface area contributed by atoms with E-state index in [9.17, 15) is 5.11 Å². The van der Waals surface area contributed by atoms with Gasteiger partial charge in [0.25, 0.3) is 0 Å². The van der Waals surface area contributed by atoms with Crippen LogP contribution in [0, 0.1) is 0 Å². The summed E-state index contributed by atoms with van der Waals surface area (Å²) in [7, 11) is 0. The van der Waals surface area contributed by atoms with Crippen LogP contribution in [-0.2, 0) is 11.1 Å². The molecule has 2 N–H and O–H groups in total. The van der Waals surface area contributed by atoms with Crippen molar-refractivity contribution >= 4 is 29.5 Å². The summed E-state index contributed by atoms with van der Waals surface area (Å²) < 4.78 is 11.1. The first-order chi connectivity index (χ1) is 21.3. The summed E-state index contributed by atoms with van der Waals surface area (Å²) in [4.78, 5) is 9.66. The Labute approximate surface area is 265 Å². The van der Waals surface area contributed by atoms with Crippen LogP contribution in [0.4, 0.5) is 5.95 Å². The number of nitrogens with zero attached hydrogens (tertiary/aromatic N) is 4. The van der Waals surface area contributed by atoms with Crippen LogP contribution in [0.2, 0.25) is 5.15 Å². The Bertz CT molecular complexity index is 1730. The van der Waals surface area contributed by atoms with Crippen molar-refractivity contribution in [3.05, 3.63) is 161 Å². The Hall–Kier alpha value is -4.63. The van der Waals surface area contributed by atoms with Crippen molar-refractivity contribution in [2.75, 3.05) is 4.72 Å². The number of rotatable bonds is 10. The zero-order chi connectivity index (χ0) is 30.6. The summed E-state index contributed by atoms with van der Waals surface area (Å²) in [5.41, 5.74) is 2.38. The highest BCUT2D eigenvalue weighted by Gasteiger charge is 2.39. The van der Waals surface area contributed by atoms with Gasteiger partial charge in [-0.15, -0.1) is 0 Å². The zero-order valence-electron chi connectivity index (χ0n) is 24.1. The molecular weight excluding hydrogens is 590 g/mol. The van der Waals surface area contributed by atoms with Gasteiger partial charge in [-0.1, -0.05) is 115 Å². The van der Waals surface area contributed by atoms with Gasteiger partial charge in [-0.05, 0) is 60.2 Å². The van der Waals surface area contributed by atoms with Crippen LogP contribution in [-0.4, -0.2) is 24.9 Å². The molecule has 9 heteroatoms. The Morgan fingerprint density at radius 2 is 1.30 bits per heavy atom. The number of halogens is 1. The number of hydrogen-bond donors (Lipinski definition) is 2. The molecule has 2 aromatic heterocycles. The van der Waals surface area contributed by atoms with Crippen molar-refractivity contribution in [2.24, 2.45) is 0 Å². The van der Waals surface area contributed by atoms with E-state index in [-0.39, 0.29) is 11.0 Å². The van der Waals surface area contributed by atoms with Gasteiger partial charge in [0.05, 0.1) is 16.7 Å². The third-order valence-electron chi connectivity index (χ3n) is 7.19. The molecule has 2 heterocycles. The Morgan fingerprint density at radius 1 is 0.750 bits per heavy atom. The van der Waals surface area contributed by atoms with E-state index in [0.717, 1.165) is 27.1 Å².